The minimum absolute atomic E-state index is 0.285. The largest absolute Gasteiger partial charge is 0.451 e. The average Bonchev–Trinajstić information content (AvgIpc) is 3.21. The fraction of sp³-hybridized carbons (Fsp3) is 0.400. The van der Waals surface area contributed by atoms with E-state index in [9.17, 15) is 4.79 Å². The molecule has 1 saturated heterocycles. The van der Waals surface area contributed by atoms with Gasteiger partial charge in [-0.25, -0.2) is 4.98 Å². The van der Waals surface area contributed by atoms with Gasteiger partial charge in [-0.15, -0.1) is 11.3 Å². The molecule has 27 heavy (non-hydrogen) atoms. The lowest BCUT2D eigenvalue weighted by molar-refractivity contribution is 0.0998. The predicted molar refractivity (Wildman–Crippen MR) is 110 cm³/mol. The lowest BCUT2D eigenvalue weighted by Crippen LogP contribution is -2.32. The molecule has 0 bridgehead atoms. The smallest absolute Gasteiger partial charge is 0.293 e. The van der Waals surface area contributed by atoms with Crippen molar-refractivity contribution in [3.8, 4) is 0 Å². The molecule has 5 nitrogen and oxygen atoms in total. The van der Waals surface area contributed by atoms with Crippen LogP contribution in [-0.4, -0.2) is 28.9 Å². The van der Waals surface area contributed by atoms with Gasteiger partial charge in [0.25, 0.3) is 5.91 Å². The minimum atomic E-state index is -0.285. The molecule has 1 N–H and O–H groups in total. The Hall–Kier alpha value is -1.89. The molecule has 1 fully saturated rings. The molecule has 142 valence electrons. The zero-order chi connectivity index (χ0) is 19.0. The third-order valence-electron chi connectivity index (χ3n) is 5.14. The number of fused-ring (bicyclic) bond motifs is 1. The Morgan fingerprint density at radius 3 is 2.96 bits per heavy atom. The number of aromatic nitrogens is 1. The van der Waals surface area contributed by atoms with Crippen LogP contribution in [0.3, 0.4) is 0 Å². The molecule has 1 aliphatic rings. The van der Waals surface area contributed by atoms with E-state index in [2.05, 4.69) is 22.1 Å². The number of rotatable bonds is 4. The number of nitrogens with zero attached hydrogens (tertiary/aromatic N) is 2. The van der Waals surface area contributed by atoms with E-state index in [0.29, 0.717) is 21.5 Å². The van der Waals surface area contributed by atoms with Crippen LogP contribution in [0.25, 0.3) is 11.0 Å². The SMILES string of the molecule is Cc1c(C(=O)Nc2nc(CN3CCC(C)CC3)cs2)oc2ccc(Cl)cc12. The first kappa shape index (κ1) is 18.5. The zero-order valence-electron chi connectivity index (χ0n) is 15.4. The van der Waals surface area contributed by atoms with Gasteiger partial charge in [0.1, 0.15) is 5.58 Å². The number of hydrogen-bond donors (Lipinski definition) is 1. The van der Waals surface area contributed by atoms with Gasteiger partial charge < -0.3 is 4.42 Å². The van der Waals surface area contributed by atoms with Crippen LogP contribution < -0.4 is 5.32 Å². The number of thiazole rings is 1. The summed E-state index contributed by atoms with van der Waals surface area (Å²) in [5, 5.41) is 6.94. The monoisotopic (exact) mass is 403 g/mol. The van der Waals surface area contributed by atoms with Crippen LogP contribution in [-0.2, 0) is 6.54 Å². The van der Waals surface area contributed by atoms with E-state index < -0.39 is 0 Å². The van der Waals surface area contributed by atoms with Crippen LogP contribution in [0.4, 0.5) is 5.13 Å². The number of halogens is 1. The van der Waals surface area contributed by atoms with E-state index in [-0.39, 0.29) is 5.91 Å². The maximum atomic E-state index is 12.6. The molecule has 2 aromatic heterocycles. The standard InChI is InChI=1S/C20H22ClN3O2S/c1-12-5-7-24(8-6-12)10-15-11-27-20(22-15)23-19(25)18-13(2)16-9-14(21)3-4-17(16)26-18/h3-4,9,11-12H,5-8,10H2,1-2H3,(H,22,23,25). The van der Waals surface area contributed by atoms with Gasteiger partial charge >= 0.3 is 0 Å². The summed E-state index contributed by atoms with van der Waals surface area (Å²) < 4.78 is 5.72. The highest BCUT2D eigenvalue weighted by Crippen LogP contribution is 2.29. The Bertz CT molecular complexity index is 973. The second kappa shape index (κ2) is 7.62. The molecular weight excluding hydrogens is 382 g/mol. The van der Waals surface area contributed by atoms with Gasteiger partial charge in [-0.05, 0) is 57.0 Å². The summed E-state index contributed by atoms with van der Waals surface area (Å²) in [6.07, 6.45) is 2.48. The quantitative estimate of drug-likeness (QED) is 0.639. The molecule has 0 radical (unpaired) electrons. The fourth-order valence-electron chi connectivity index (χ4n) is 3.45. The number of anilines is 1. The van der Waals surface area contributed by atoms with Crippen LogP contribution in [0.5, 0.6) is 0 Å². The van der Waals surface area contributed by atoms with Crippen molar-refractivity contribution in [1.29, 1.82) is 0 Å². The summed E-state index contributed by atoms with van der Waals surface area (Å²) in [7, 11) is 0. The van der Waals surface area contributed by atoms with Crippen LogP contribution in [0, 0.1) is 12.8 Å². The maximum Gasteiger partial charge on any atom is 0.293 e. The van der Waals surface area contributed by atoms with Crippen LogP contribution in [0.15, 0.2) is 28.0 Å². The molecule has 3 aromatic rings. The molecule has 1 aliphatic heterocycles. The van der Waals surface area contributed by atoms with E-state index in [4.69, 9.17) is 16.0 Å². The van der Waals surface area contributed by atoms with Crippen molar-refractivity contribution >= 4 is 44.9 Å². The molecule has 0 unspecified atom stereocenters. The molecule has 7 heteroatoms. The number of nitrogens with one attached hydrogen (secondary N) is 1. The average molecular weight is 404 g/mol. The summed E-state index contributed by atoms with van der Waals surface area (Å²) in [4.78, 5) is 19.6. The van der Waals surface area contributed by atoms with E-state index in [1.807, 2.05) is 18.4 Å². The summed E-state index contributed by atoms with van der Waals surface area (Å²) in [5.74, 6) is 0.829. The highest BCUT2D eigenvalue weighted by molar-refractivity contribution is 7.13. The molecule has 0 spiro atoms. The minimum Gasteiger partial charge on any atom is -0.451 e. The number of piperidine rings is 1. The molecule has 0 aliphatic carbocycles. The summed E-state index contributed by atoms with van der Waals surface area (Å²) in [6.45, 7) is 7.23. The van der Waals surface area contributed by atoms with Gasteiger partial charge in [0.05, 0.1) is 5.69 Å². The van der Waals surface area contributed by atoms with Gasteiger partial charge in [-0.3, -0.25) is 15.0 Å². The molecular formula is C20H22ClN3O2S. The summed E-state index contributed by atoms with van der Waals surface area (Å²) in [5.41, 5.74) is 2.43. The van der Waals surface area contributed by atoms with Crippen molar-refractivity contribution < 1.29 is 9.21 Å². The third kappa shape index (κ3) is 4.03. The first-order valence-corrected chi connectivity index (χ1v) is 10.4. The Balaban J connectivity index is 1.44. The van der Waals surface area contributed by atoms with E-state index in [0.717, 1.165) is 42.2 Å². The summed E-state index contributed by atoms with van der Waals surface area (Å²) in [6, 6.07) is 5.35. The number of hydrogen-bond acceptors (Lipinski definition) is 5. The van der Waals surface area contributed by atoms with Crippen molar-refractivity contribution in [2.75, 3.05) is 18.4 Å². The molecule has 0 saturated carbocycles. The van der Waals surface area contributed by atoms with E-state index in [1.165, 1.54) is 24.2 Å². The van der Waals surface area contributed by atoms with Gasteiger partial charge in [0.2, 0.25) is 0 Å². The number of carbonyl (C=O) groups is 1. The second-order valence-corrected chi connectivity index (χ2v) is 8.55. The highest BCUT2D eigenvalue weighted by atomic mass is 35.5. The number of carbonyl (C=O) groups excluding carboxylic acids is 1. The second-order valence-electron chi connectivity index (χ2n) is 7.25. The van der Waals surface area contributed by atoms with Crippen LogP contribution >= 0.6 is 22.9 Å². The summed E-state index contributed by atoms with van der Waals surface area (Å²) >= 11 is 7.49. The fourth-order valence-corrected chi connectivity index (χ4v) is 4.32. The van der Waals surface area contributed by atoms with Gasteiger partial charge in [0.15, 0.2) is 10.9 Å². The highest BCUT2D eigenvalue weighted by Gasteiger charge is 2.20. The molecule has 4 rings (SSSR count). The number of furan rings is 1. The molecule has 3 heterocycles. The Kier molecular flexibility index (Phi) is 5.21. The van der Waals surface area contributed by atoms with Crippen molar-refractivity contribution in [3.05, 3.63) is 45.6 Å². The van der Waals surface area contributed by atoms with E-state index in [1.54, 1.807) is 12.1 Å². The number of amides is 1. The zero-order valence-corrected chi connectivity index (χ0v) is 17.0. The third-order valence-corrected chi connectivity index (χ3v) is 6.18. The Morgan fingerprint density at radius 1 is 1.41 bits per heavy atom. The van der Waals surface area contributed by atoms with Crippen LogP contribution in [0.2, 0.25) is 5.02 Å². The maximum absolute atomic E-state index is 12.6. The van der Waals surface area contributed by atoms with Gasteiger partial charge in [-0.1, -0.05) is 18.5 Å². The number of aryl methyl sites for hydroxylation is 1. The Morgan fingerprint density at radius 2 is 2.19 bits per heavy atom. The first-order valence-electron chi connectivity index (χ1n) is 9.16. The molecule has 1 aromatic carbocycles. The topological polar surface area (TPSA) is 58.4 Å². The van der Waals surface area contributed by atoms with E-state index >= 15 is 0 Å². The van der Waals surface area contributed by atoms with Gasteiger partial charge in [-0.2, -0.15) is 0 Å². The Labute approximate surface area is 167 Å². The van der Waals surface area contributed by atoms with Gasteiger partial charge in [0, 0.05) is 27.9 Å². The van der Waals surface area contributed by atoms with Crippen molar-refractivity contribution in [2.24, 2.45) is 5.92 Å². The first-order chi connectivity index (χ1) is 13.0. The van der Waals surface area contributed by atoms with Crippen molar-refractivity contribution in [3.63, 3.8) is 0 Å². The normalized spacial score (nSPS) is 16.1. The number of likely N-dealkylation sites (tertiary alicyclic amines) is 1. The predicted octanol–water partition coefficient (Wildman–Crippen LogP) is 5.34. The number of benzene rings is 1. The lowest BCUT2D eigenvalue weighted by atomic mass is 9.99. The molecule has 1 amide bonds. The van der Waals surface area contributed by atoms with Crippen LogP contribution in [0.1, 0.15) is 41.6 Å². The van der Waals surface area contributed by atoms with Crippen molar-refractivity contribution in [2.45, 2.75) is 33.2 Å². The molecule has 0 atom stereocenters. The lowest BCUT2D eigenvalue weighted by Gasteiger charge is -2.29. The van der Waals surface area contributed by atoms with Crippen molar-refractivity contribution in [1.82, 2.24) is 9.88 Å².